The van der Waals surface area contributed by atoms with Gasteiger partial charge in [-0.2, -0.15) is 0 Å². The quantitative estimate of drug-likeness (QED) is 0.744. The van der Waals surface area contributed by atoms with Gasteiger partial charge >= 0.3 is 0 Å². The van der Waals surface area contributed by atoms with Crippen LogP contribution in [0, 0.1) is 5.82 Å². The van der Waals surface area contributed by atoms with Gasteiger partial charge in [-0.1, -0.05) is 18.2 Å². The zero-order valence-electron chi connectivity index (χ0n) is 8.41. The molecule has 0 bridgehead atoms. The van der Waals surface area contributed by atoms with E-state index in [1.165, 1.54) is 6.07 Å². The molecule has 1 aliphatic rings. The molecule has 0 N–H and O–H groups in total. The third kappa shape index (κ3) is 2.63. The molecular formula is C12H13FO2. The van der Waals surface area contributed by atoms with Crippen molar-refractivity contribution in [2.75, 3.05) is 6.61 Å². The molecule has 0 spiro atoms. The second-order valence-electron chi connectivity index (χ2n) is 3.78. The van der Waals surface area contributed by atoms with E-state index in [0.29, 0.717) is 31.4 Å². The molecule has 80 valence electrons. The summed E-state index contributed by atoms with van der Waals surface area (Å²) < 4.78 is 18.7. The second-order valence-corrected chi connectivity index (χ2v) is 3.78. The monoisotopic (exact) mass is 208 g/mol. The molecule has 1 saturated heterocycles. The number of benzene rings is 1. The highest BCUT2D eigenvalue weighted by Gasteiger charge is 2.21. The molecule has 1 aromatic carbocycles. The van der Waals surface area contributed by atoms with Gasteiger partial charge in [0.15, 0.2) is 0 Å². The van der Waals surface area contributed by atoms with Crippen molar-refractivity contribution in [3.05, 3.63) is 35.6 Å². The van der Waals surface area contributed by atoms with E-state index in [-0.39, 0.29) is 17.7 Å². The summed E-state index contributed by atoms with van der Waals surface area (Å²) in [5.41, 5.74) is 0.622. The SMILES string of the molecule is O=C1CCOC(Cc2ccccc2F)C1. The molecule has 1 unspecified atom stereocenters. The maximum atomic E-state index is 13.3. The highest BCUT2D eigenvalue weighted by Crippen LogP contribution is 2.16. The maximum absolute atomic E-state index is 13.3. The Morgan fingerprint density at radius 1 is 1.40 bits per heavy atom. The Morgan fingerprint density at radius 2 is 2.20 bits per heavy atom. The van der Waals surface area contributed by atoms with Gasteiger partial charge in [0, 0.05) is 19.3 Å². The lowest BCUT2D eigenvalue weighted by molar-refractivity contribution is -0.128. The highest BCUT2D eigenvalue weighted by molar-refractivity contribution is 5.79. The number of hydrogen-bond donors (Lipinski definition) is 0. The number of Topliss-reactive ketones (excluding diaryl/α,β-unsaturated/α-hetero) is 1. The summed E-state index contributed by atoms with van der Waals surface area (Å²) in [5.74, 6) is -0.0123. The van der Waals surface area contributed by atoms with Crippen LogP contribution in [0.3, 0.4) is 0 Å². The van der Waals surface area contributed by atoms with Crippen LogP contribution >= 0.6 is 0 Å². The van der Waals surface area contributed by atoms with Gasteiger partial charge in [0.2, 0.25) is 0 Å². The van der Waals surface area contributed by atoms with Crippen LogP contribution in [0.2, 0.25) is 0 Å². The van der Waals surface area contributed by atoms with Gasteiger partial charge in [-0.3, -0.25) is 4.79 Å². The zero-order valence-corrected chi connectivity index (χ0v) is 8.41. The third-order valence-corrected chi connectivity index (χ3v) is 2.60. The molecular weight excluding hydrogens is 195 g/mol. The van der Waals surface area contributed by atoms with E-state index in [2.05, 4.69) is 0 Å². The van der Waals surface area contributed by atoms with Gasteiger partial charge in [0.1, 0.15) is 11.6 Å². The van der Waals surface area contributed by atoms with Crippen LogP contribution in [0.4, 0.5) is 4.39 Å². The molecule has 1 aliphatic heterocycles. The first-order chi connectivity index (χ1) is 7.25. The van der Waals surface area contributed by atoms with Gasteiger partial charge < -0.3 is 4.74 Å². The molecule has 2 rings (SSSR count). The molecule has 3 heteroatoms. The maximum Gasteiger partial charge on any atom is 0.137 e. The Kier molecular flexibility index (Phi) is 3.11. The van der Waals surface area contributed by atoms with Crippen molar-refractivity contribution in [1.29, 1.82) is 0 Å². The smallest absolute Gasteiger partial charge is 0.137 e. The third-order valence-electron chi connectivity index (χ3n) is 2.60. The Bertz CT molecular complexity index is 362. The number of carbonyl (C=O) groups is 1. The number of rotatable bonds is 2. The van der Waals surface area contributed by atoms with E-state index in [4.69, 9.17) is 4.74 Å². The van der Waals surface area contributed by atoms with Crippen molar-refractivity contribution in [3.63, 3.8) is 0 Å². The molecule has 2 nitrogen and oxygen atoms in total. The molecule has 0 radical (unpaired) electrons. The molecule has 1 aromatic rings. The fraction of sp³-hybridized carbons (Fsp3) is 0.417. The summed E-state index contributed by atoms with van der Waals surface area (Å²) in [6.45, 7) is 0.470. The van der Waals surface area contributed by atoms with E-state index < -0.39 is 0 Å². The Labute approximate surface area is 88.1 Å². The fourth-order valence-corrected chi connectivity index (χ4v) is 1.79. The van der Waals surface area contributed by atoms with Crippen LogP contribution in [0.5, 0.6) is 0 Å². The van der Waals surface area contributed by atoms with Crippen LogP contribution < -0.4 is 0 Å². The second kappa shape index (κ2) is 4.53. The lowest BCUT2D eigenvalue weighted by Crippen LogP contribution is -2.27. The van der Waals surface area contributed by atoms with E-state index in [1.54, 1.807) is 18.2 Å². The topological polar surface area (TPSA) is 26.3 Å². The van der Waals surface area contributed by atoms with Gasteiger partial charge in [0.05, 0.1) is 12.7 Å². The van der Waals surface area contributed by atoms with E-state index in [0.717, 1.165) is 0 Å². The summed E-state index contributed by atoms with van der Waals surface area (Å²) in [6.07, 6.45) is 1.24. The fourth-order valence-electron chi connectivity index (χ4n) is 1.79. The average molecular weight is 208 g/mol. The van der Waals surface area contributed by atoms with E-state index in [9.17, 15) is 9.18 Å². The largest absolute Gasteiger partial charge is 0.377 e. The number of carbonyl (C=O) groups excluding carboxylic acids is 1. The number of ether oxygens (including phenoxy) is 1. The number of ketones is 1. The van der Waals surface area contributed by atoms with Crippen molar-refractivity contribution >= 4 is 5.78 Å². The minimum Gasteiger partial charge on any atom is -0.377 e. The first-order valence-electron chi connectivity index (χ1n) is 5.12. The van der Waals surface area contributed by atoms with Crippen LogP contribution in [0.1, 0.15) is 18.4 Å². The Balaban J connectivity index is 2.02. The normalized spacial score (nSPS) is 21.7. The van der Waals surface area contributed by atoms with Crippen molar-refractivity contribution in [3.8, 4) is 0 Å². The number of halogens is 1. The number of hydrogen-bond acceptors (Lipinski definition) is 2. The predicted octanol–water partition coefficient (Wildman–Crippen LogP) is 2.12. The lowest BCUT2D eigenvalue weighted by atomic mass is 10.0. The summed E-state index contributed by atoms with van der Waals surface area (Å²) in [6, 6.07) is 6.62. The van der Waals surface area contributed by atoms with E-state index >= 15 is 0 Å². The first kappa shape index (κ1) is 10.3. The molecule has 1 fully saturated rings. The summed E-state index contributed by atoms with van der Waals surface area (Å²) in [7, 11) is 0. The molecule has 1 heterocycles. The Hall–Kier alpha value is -1.22. The molecule has 1 atom stereocenters. The van der Waals surface area contributed by atoms with Crippen LogP contribution in [-0.4, -0.2) is 18.5 Å². The van der Waals surface area contributed by atoms with Crippen LogP contribution in [0.25, 0.3) is 0 Å². The standard InChI is InChI=1S/C12H13FO2/c13-12-4-2-1-3-9(12)7-11-8-10(14)5-6-15-11/h1-4,11H,5-8H2. The zero-order chi connectivity index (χ0) is 10.7. The van der Waals surface area contributed by atoms with Gasteiger partial charge in [0.25, 0.3) is 0 Å². The van der Waals surface area contributed by atoms with Crippen molar-refractivity contribution in [2.24, 2.45) is 0 Å². The molecule has 15 heavy (non-hydrogen) atoms. The predicted molar refractivity (Wildman–Crippen MR) is 54.1 cm³/mol. The summed E-state index contributed by atoms with van der Waals surface area (Å²) >= 11 is 0. The van der Waals surface area contributed by atoms with Crippen molar-refractivity contribution < 1.29 is 13.9 Å². The van der Waals surface area contributed by atoms with Crippen molar-refractivity contribution in [2.45, 2.75) is 25.4 Å². The Morgan fingerprint density at radius 3 is 2.93 bits per heavy atom. The van der Waals surface area contributed by atoms with Crippen LogP contribution in [0.15, 0.2) is 24.3 Å². The lowest BCUT2D eigenvalue weighted by Gasteiger charge is -2.21. The minimum absolute atomic E-state index is 0.150. The first-order valence-corrected chi connectivity index (χ1v) is 5.12. The van der Waals surface area contributed by atoms with E-state index in [1.807, 2.05) is 0 Å². The molecule has 0 aliphatic carbocycles. The molecule has 0 aromatic heterocycles. The highest BCUT2D eigenvalue weighted by atomic mass is 19.1. The summed E-state index contributed by atoms with van der Waals surface area (Å²) in [5, 5.41) is 0. The van der Waals surface area contributed by atoms with Crippen molar-refractivity contribution in [1.82, 2.24) is 0 Å². The van der Waals surface area contributed by atoms with Gasteiger partial charge in [-0.15, -0.1) is 0 Å². The minimum atomic E-state index is -0.223. The van der Waals surface area contributed by atoms with Gasteiger partial charge in [-0.05, 0) is 11.6 Å². The van der Waals surface area contributed by atoms with Gasteiger partial charge in [-0.25, -0.2) is 4.39 Å². The molecule has 0 saturated carbocycles. The van der Waals surface area contributed by atoms with Crippen LogP contribution in [-0.2, 0) is 16.0 Å². The summed E-state index contributed by atoms with van der Waals surface area (Å²) in [4.78, 5) is 11.2. The average Bonchev–Trinajstić information content (AvgIpc) is 2.22. The molecule has 0 amide bonds.